The number of aliphatic hydroxyl groups is 1. The van der Waals surface area contributed by atoms with Crippen LogP contribution >= 0.6 is 0 Å². The average Bonchev–Trinajstić information content (AvgIpc) is 2.60. The molecule has 1 unspecified atom stereocenters. The first-order chi connectivity index (χ1) is 12.2. The number of hydrogen-bond donors (Lipinski definition) is 2. The summed E-state index contributed by atoms with van der Waals surface area (Å²) in [5, 5.41) is 19.1. The van der Waals surface area contributed by atoms with Crippen molar-refractivity contribution in [2.24, 2.45) is 0 Å². The number of hydrogen-bond acceptors (Lipinski definition) is 6. The van der Waals surface area contributed by atoms with Gasteiger partial charge in [0.15, 0.2) is 6.10 Å². The van der Waals surface area contributed by atoms with Gasteiger partial charge in [-0.25, -0.2) is 8.42 Å². The predicted molar refractivity (Wildman–Crippen MR) is 91.8 cm³/mol. The van der Waals surface area contributed by atoms with Crippen molar-refractivity contribution < 1.29 is 33.0 Å². The largest absolute Gasteiger partial charge is 0.480 e. The number of carbonyl (C=O) groups is 2. The quantitative estimate of drug-likeness (QED) is 0.634. The third-order valence-corrected chi connectivity index (χ3v) is 5.20. The van der Waals surface area contributed by atoms with E-state index in [0.717, 1.165) is 10.6 Å². The average molecular weight is 386 g/mol. The molecule has 0 radical (unpaired) electrons. The summed E-state index contributed by atoms with van der Waals surface area (Å²) < 4.78 is 29.7. The number of carboxylic acids is 1. The Labute approximate surface area is 151 Å². The van der Waals surface area contributed by atoms with Gasteiger partial charge in [0, 0.05) is 19.6 Å². The molecule has 1 aromatic rings. The Bertz CT molecular complexity index is 738. The van der Waals surface area contributed by atoms with Gasteiger partial charge in [-0.1, -0.05) is 30.3 Å². The van der Waals surface area contributed by atoms with Crippen LogP contribution < -0.4 is 0 Å². The number of nitrogens with zero attached hydrogens (tertiary/aromatic N) is 2. The van der Waals surface area contributed by atoms with Gasteiger partial charge >= 0.3 is 5.97 Å². The van der Waals surface area contributed by atoms with Crippen LogP contribution in [0.3, 0.4) is 0 Å². The summed E-state index contributed by atoms with van der Waals surface area (Å²) in [5.41, 5.74) is 0.462. The molecule has 0 aliphatic carbocycles. The number of amides is 1. The monoisotopic (exact) mass is 386 g/mol. The molecule has 1 heterocycles. The van der Waals surface area contributed by atoms with E-state index in [1.807, 2.05) is 0 Å². The van der Waals surface area contributed by atoms with Crippen LogP contribution in [-0.2, 0) is 24.3 Å². The van der Waals surface area contributed by atoms with Crippen molar-refractivity contribution in [1.82, 2.24) is 9.21 Å². The fraction of sp³-hybridized carbons (Fsp3) is 0.500. The summed E-state index contributed by atoms with van der Waals surface area (Å²) in [4.78, 5) is 24.8. The molecular formula is C16H22N2O7S. The number of carbonyl (C=O) groups excluding carboxylic acids is 1. The number of carboxylic acid groups (broad SMARTS) is 1. The van der Waals surface area contributed by atoms with E-state index in [1.165, 1.54) is 4.90 Å². The number of aliphatic carboxylic acids is 1. The smallest absolute Gasteiger partial charge is 0.318 e. The first kappa shape index (κ1) is 20.3. The molecule has 1 aliphatic heterocycles. The van der Waals surface area contributed by atoms with Crippen molar-refractivity contribution in [3.63, 3.8) is 0 Å². The Morgan fingerprint density at radius 2 is 2.00 bits per heavy atom. The van der Waals surface area contributed by atoms with Gasteiger partial charge in [0.25, 0.3) is 5.91 Å². The Morgan fingerprint density at radius 1 is 1.35 bits per heavy atom. The first-order valence-corrected chi connectivity index (χ1v) is 9.83. The van der Waals surface area contributed by atoms with Gasteiger partial charge in [-0.2, -0.15) is 4.31 Å². The molecule has 10 heteroatoms. The second-order valence-electron chi connectivity index (χ2n) is 6.04. The Balaban J connectivity index is 2.03. The highest BCUT2D eigenvalue weighted by Gasteiger charge is 2.32. The van der Waals surface area contributed by atoms with Crippen LogP contribution in [0.5, 0.6) is 0 Å². The van der Waals surface area contributed by atoms with Gasteiger partial charge in [0.05, 0.1) is 19.0 Å². The molecule has 9 nitrogen and oxygen atoms in total. The molecule has 26 heavy (non-hydrogen) atoms. The molecule has 1 fully saturated rings. The predicted octanol–water partition coefficient (Wildman–Crippen LogP) is -0.706. The summed E-state index contributed by atoms with van der Waals surface area (Å²) in [6.07, 6.45) is -1.08. The number of ether oxygens (including phenoxy) is 1. The maximum atomic E-state index is 12.5. The Hall–Kier alpha value is -2.01. The van der Waals surface area contributed by atoms with Gasteiger partial charge in [-0.15, -0.1) is 0 Å². The van der Waals surface area contributed by atoms with Crippen LogP contribution in [0.1, 0.15) is 11.7 Å². The topological polar surface area (TPSA) is 124 Å². The van der Waals surface area contributed by atoms with Crippen molar-refractivity contribution in [1.29, 1.82) is 0 Å². The van der Waals surface area contributed by atoms with E-state index < -0.39 is 40.7 Å². The van der Waals surface area contributed by atoms with Gasteiger partial charge in [-0.05, 0) is 5.56 Å². The second-order valence-corrected chi connectivity index (χ2v) is 8.02. The number of morpholine rings is 1. The number of rotatable bonds is 7. The third kappa shape index (κ3) is 5.49. The van der Waals surface area contributed by atoms with Crippen LogP contribution in [0.15, 0.2) is 30.3 Å². The number of sulfonamides is 1. The highest BCUT2D eigenvalue weighted by atomic mass is 32.2. The molecule has 1 aliphatic rings. The minimum atomic E-state index is -3.74. The molecule has 1 aromatic carbocycles. The van der Waals surface area contributed by atoms with E-state index in [-0.39, 0.29) is 26.2 Å². The molecule has 2 rings (SSSR count). The van der Waals surface area contributed by atoms with Crippen LogP contribution in [0.4, 0.5) is 0 Å². The summed E-state index contributed by atoms with van der Waals surface area (Å²) in [6.45, 7) is -0.371. The molecule has 1 saturated heterocycles. The lowest BCUT2D eigenvalue weighted by molar-refractivity contribution is -0.149. The molecule has 2 atom stereocenters. The van der Waals surface area contributed by atoms with Crippen molar-refractivity contribution in [3.05, 3.63) is 35.9 Å². The third-order valence-electron chi connectivity index (χ3n) is 3.99. The zero-order valence-corrected chi connectivity index (χ0v) is 15.1. The van der Waals surface area contributed by atoms with E-state index >= 15 is 0 Å². The molecule has 0 saturated carbocycles. The first-order valence-electron chi connectivity index (χ1n) is 7.99. The van der Waals surface area contributed by atoms with Crippen LogP contribution in [0.25, 0.3) is 0 Å². The van der Waals surface area contributed by atoms with Gasteiger partial charge < -0.3 is 19.8 Å². The van der Waals surface area contributed by atoms with E-state index in [9.17, 15) is 23.1 Å². The zero-order chi connectivity index (χ0) is 19.3. The maximum Gasteiger partial charge on any atom is 0.318 e. The Morgan fingerprint density at radius 3 is 2.58 bits per heavy atom. The molecule has 0 spiro atoms. The molecule has 0 bridgehead atoms. The van der Waals surface area contributed by atoms with E-state index in [2.05, 4.69) is 0 Å². The van der Waals surface area contributed by atoms with Gasteiger partial charge in [0.2, 0.25) is 10.0 Å². The van der Waals surface area contributed by atoms with E-state index in [0.29, 0.717) is 5.56 Å². The summed E-state index contributed by atoms with van der Waals surface area (Å²) >= 11 is 0. The fourth-order valence-corrected chi connectivity index (χ4v) is 3.46. The minimum Gasteiger partial charge on any atom is -0.480 e. The highest BCUT2D eigenvalue weighted by molar-refractivity contribution is 7.88. The highest BCUT2D eigenvalue weighted by Crippen LogP contribution is 2.18. The molecule has 1 amide bonds. The van der Waals surface area contributed by atoms with Gasteiger partial charge in [0.1, 0.15) is 6.54 Å². The van der Waals surface area contributed by atoms with Crippen molar-refractivity contribution in [3.8, 4) is 0 Å². The minimum absolute atomic E-state index is 0.0639. The standard InChI is InChI=1S/C16H22N2O7S/c1-26(23,24)18(11-14(19)20)10-13-9-17(7-8-25-13)16(22)15(21)12-5-3-2-4-6-12/h2-6,13,15,21H,7-11H2,1H3,(H,19,20)/t13?,15-/m1/s1. The zero-order valence-electron chi connectivity index (χ0n) is 14.3. The van der Waals surface area contributed by atoms with Crippen LogP contribution in [0, 0.1) is 0 Å². The van der Waals surface area contributed by atoms with E-state index in [1.54, 1.807) is 30.3 Å². The number of aliphatic hydroxyl groups excluding tert-OH is 1. The molecule has 144 valence electrons. The van der Waals surface area contributed by atoms with Gasteiger partial charge in [-0.3, -0.25) is 9.59 Å². The summed E-state index contributed by atoms with van der Waals surface area (Å²) in [7, 11) is -3.74. The normalized spacial score (nSPS) is 19.3. The SMILES string of the molecule is CS(=O)(=O)N(CC(=O)O)CC1CN(C(=O)[C@H](O)c2ccccc2)CCO1. The maximum absolute atomic E-state index is 12.5. The van der Waals surface area contributed by atoms with Crippen molar-refractivity contribution in [2.75, 3.05) is 39.0 Å². The lowest BCUT2D eigenvalue weighted by Gasteiger charge is -2.35. The van der Waals surface area contributed by atoms with Crippen LogP contribution in [0.2, 0.25) is 0 Å². The summed E-state index contributed by atoms with van der Waals surface area (Å²) in [6, 6.07) is 8.47. The molecule has 0 aromatic heterocycles. The fourth-order valence-electron chi connectivity index (χ4n) is 2.68. The second kappa shape index (κ2) is 8.58. The van der Waals surface area contributed by atoms with E-state index in [4.69, 9.17) is 9.84 Å². The lowest BCUT2D eigenvalue weighted by Crippen LogP contribution is -2.52. The summed E-state index contributed by atoms with van der Waals surface area (Å²) in [5.74, 6) is -1.78. The van der Waals surface area contributed by atoms with Crippen molar-refractivity contribution in [2.45, 2.75) is 12.2 Å². The van der Waals surface area contributed by atoms with Crippen LogP contribution in [-0.4, -0.2) is 84.9 Å². The number of benzene rings is 1. The molecular weight excluding hydrogens is 364 g/mol. The molecule has 2 N–H and O–H groups in total. The van der Waals surface area contributed by atoms with Crippen molar-refractivity contribution >= 4 is 21.9 Å². The lowest BCUT2D eigenvalue weighted by atomic mass is 10.1. The Kier molecular flexibility index (Phi) is 6.70.